The van der Waals surface area contributed by atoms with Crippen LogP contribution in [-0.4, -0.2) is 24.8 Å². The summed E-state index contributed by atoms with van der Waals surface area (Å²) in [6.45, 7) is 0. The number of aromatic nitrogens is 5. The maximum absolute atomic E-state index is 5.52. The van der Waals surface area contributed by atoms with Gasteiger partial charge in [-0.15, -0.1) is 0 Å². The zero-order chi connectivity index (χ0) is 10.3. The molecule has 6 nitrogen and oxygen atoms in total. The third-order valence-electron chi connectivity index (χ3n) is 2.11. The number of nitrogens with one attached hydrogen (secondary N) is 1. The van der Waals surface area contributed by atoms with Crippen molar-refractivity contribution in [1.29, 1.82) is 0 Å². The summed E-state index contributed by atoms with van der Waals surface area (Å²) in [5.41, 5.74) is 7.88. The van der Waals surface area contributed by atoms with Gasteiger partial charge in [-0.05, 0) is 6.07 Å². The normalized spacial score (nSPS) is 10.9. The number of hydrogen-bond acceptors (Lipinski definition) is 4. The molecule has 3 aromatic heterocycles. The highest BCUT2D eigenvalue weighted by Crippen LogP contribution is 2.17. The fourth-order valence-corrected chi connectivity index (χ4v) is 1.43. The van der Waals surface area contributed by atoms with Gasteiger partial charge in [0.15, 0.2) is 5.65 Å². The first-order valence-electron chi connectivity index (χ1n) is 4.44. The van der Waals surface area contributed by atoms with E-state index < -0.39 is 0 Å². The van der Waals surface area contributed by atoms with Crippen molar-refractivity contribution in [3.05, 3.63) is 30.6 Å². The van der Waals surface area contributed by atoms with Crippen molar-refractivity contribution in [1.82, 2.24) is 24.8 Å². The number of hydrogen-bond donors (Lipinski definition) is 2. The standard InChI is InChI=1S/C9H8N6/c10-8-4-6(12-13-8)7-5-9-11-2-1-3-15(9)14-7/h1-5H,(H3,10,12,13). The van der Waals surface area contributed by atoms with Gasteiger partial charge in [-0.3, -0.25) is 5.10 Å². The second kappa shape index (κ2) is 2.81. The summed E-state index contributed by atoms with van der Waals surface area (Å²) in [4.78, 5) is 4.17. The van der Waals surface area contributed by atoms with Crippen LogP contribution in [0.1, 0.15) is 0 Å². The third-order valence-corrected chi connectivity index (χ3v) is 2.11. The molecule has 3 aromatic rings. The zero-order valence-corrected chi connectivity index (χ0v) is 7.75. The Labute approximate surface area is 84.8 Å². The van der Waals surface area contributed by atoms with Gasteiger partial charge in [0.2, 0.25) is 0 Å². The first-order chi connectivity index (χ1) is 7.33. The van der Waals surface area contributed by atoms with Crippen molar-refractivity contribution < 1.29 is 0 Å². The molecule has 0 saturated heterocycles. The highest BCUT2D eigenvalue weighted by molar-refractivity contribution is 5.62. The summed E-state index contributed by atoms with van der Waals surface area (Å²) in [7, 11) is 0. The van der Waals surface area contributed by atoms with Crippen molar-refractivity contribution in [2.75, 3.05) is 5.73 Å². The topological polar surface area (TPSA) is 84.9 Å². The molecule has 3 heterocycles. The molecule has 0 fully saturated rings. The maximum atomic E-state index is 5.52. The van der Waals surface area contributed by atoms with Crippen LogP contribution in [0, 0.1) is 0 Å². The molecule has 6 heteroatoms. The van der Waals surface area contributed by atoms with Crippen LogP contribution in [-0.2, 0) is 0 Å². The van der Waals surface area contributed by atoms with Crippen LogP contribution in [0.5, 0.6) is 0 Å². The minimum absolute atomic E-state index is 0.454. The molecule has 0 atom stereocenters. The van der Waals surface area contributed by atoms with Crippen molar-refractivity contribution in [2.24, 2.45) is 0 Å². The molecular formula is C9H8N6. The van der Waals surface area contributed by atoms with E-state index in [4.69, 9.17) is 5.73 Å². The average Bonchev–Trinajstić information content (AvgIpc) is 2.82. The molecule has 0 radical (unpaired) electrons. The zero-order valence-electron chi connectivity index (χ0n) is 7.75. The van der Waals surface area contributed by atoms with E-state index in [0.717, 1.165) is 17.0 Å². The van der Waals surface area contributed by atoms with Crippen molar-refractivity contribution in [3.63, 3.8) is 0 Å². The minimum Gasteiger partial charge on any atom is -0.382 e. The first kappa shape index (κ1) is 7.98. The Hall–Kier alpha value is -2.37. The average molecular weight is 200 g/mol. The molecule has 0 spiro atoms. The van der Waals surface area contributed by atoms with Gasteiger partial charge in [-0.2, -0.15) is 10.2 Å². The van der Waals surface area contributed by atoms with E-state index >= 15 is 0 Å². The molecule has 15 heavy (non-hydrogen) atoms. The summed E-state index contributed by atoms with van der Waals surface area (Å²) in [6.07, 6.45) is 3.56. The predicted molar refractivity (Wildman–Crippen MR) is 55.0 cm³/mol. The predicted octanol–water partition coefficient (Wildman–Crippen LogP) is 0.702. The van der Waals surface area contributed by atoms with Gasteiger partial charge >= 0.3 is 0 Å². The lowest BCUT2D eigenvalue weighted by molar-refractivity contribution is 0.938. The summed E-state index contributed by atoms with van der Waals surface area (Å²) in [5.74, 6) is 0.454. The molecule has 0 aromatic carbocycles. The smallest absolute Gasteiger partial charge is 0.155 e. The van der Waals surface area contributed by atoms with E-state index in [2.05, 4.69) is 20.3 Å². The van der Waals surface area contributed by atoms with Crippen LogP contribution in [0.15, 0.2) is 30.6 Å². The van der Waals surface area contributed by atoms with Gasteiger partial charge < -0.3 is 5.73 Å². The Morgan fingerprint density at radius 3 is 3.00 bits per heavy atom. The van der Waals surface area contributed by atoms with Gasteiger partial charge in [0.25, 0.3) is 0 Å². The molecular weight excluding hydrogens is 192 g/mol. The molecule has 0 aliphatic heterocycles. The van der Waals surface area contributed by atoms with Crippen LogP contribution >= 0.6 is 0 Å². The van der Waals surface area contributed by atoms with Crippen LogP contribution in [0.2, 0.25) is 0 Å². The second-order valence-electron chi connectivity index (χ2n) is 3.16. The molecule has 3 N–H and O–H groups in total. The van der Waals surface area contributed by atoms with Crippen LogP contribution in [0.25, 0.3) is 17.0 Å². The van der Waals surface area contributed by atoms with E-state index in [1.807, 2.05) is 18.3 Å². The van der Waals surface area contributed by atoms with Gasteiger partial charge in [0, 0.05) is 24.5 Å². The number of aromatic amines is 1. The molecule has 0 aliphatic rings. The lowest BCUT2D eigenvalue weighted by atomic mass is 10.3. The number of nitrogen functional groups attached to an aromatic ring is 1. The molecule has 0 unspecified atom stereocenters. The van der Waals surface area contributed by atoms with Gasteiger partial charge in [0.1, 0.15) is 11.5 Å². The Kier molecular flexibility index (Phi) is 1.49. The molecule has 3 rings (SSSR count). The monoisotopic (exact) mass is 200 g/mol. The summed E-state index contributed by atoms with van der Waals surface area (Å²) < 4.78 is 1.70. The van der Waals surface area contributed by atoms with Crippen LogP contribution < -0.4 is 5.73 Å². The number of nitrogens with zero attached hydrogens (tertiary/aromatic N) is 4. The first-order valence-corrected chi connectivity index (χ1v) is 4.44. The van der Waals surface area contributed by atoms with Gasteiger partial charge in [0.05, 0.1) is 5.69 Å². The summed E-state index contributed by atoms with van der Waals surface area (Å²) in [5, 5.41) is 11.0. The quantitative estimate of drug-likeness (QED) is 0.605. The maximum Gasteiger partial charge on any atom is 0.155 e. The Bertz CT molecular complexity index is 575. The van der Waals surface area contributed by atoms with Crippen LogP contribution in [0.3, 0.4) is 0 Å². The van der Waals surface area contributed by atoms with E-state index in [1.54, 1.807) is 16.8 Å². The summed E-state index contributed by atoms with van der Waals surface area (Å²) in [6, 6.07) is 5.43. The second-order valence-corrected chi connectivity index (χ2v) is 3.16. The highest BCUT2D eigenvalue weighted by atomic mass is 15.3. The SMILES string of the molecule is Nc1cc(-c2cc3ncccn3n2)[nH]n1. The Morgan fingerprint density at radius 1 is 1.33 bits per heavy atom. The number of nitrogens with two attached hydrogens (primary N) is 1. The lowest BCUT2D eigenvalue weighted by Crippen LogP contribution is -1.87. The summed E-state index contributed by atoms with van der Waals surface area (Å²) >= 11 is 0. The van der Waals surface area contributed by atoms with Crippen molar-refractivity contribution in [3.8, 4) is 11.4 Å². The van der Waals surface area contributed by atoms with E-state index in [0.29, 0.717) is 5.82 Å². The minimum atomic E-state index is 0.454. The molecule has 0 bridgehead atoms. The largest absolute Gasteiger partial charge is 0.382 e. The van der Waals surface area contributed by atoms with Crippen molar-refractivity contribution >= 4 is 11.5 Å². The number of rotatable bonds is 1. The molecule has 0 aliphatic carbocycles. The molecule has 0 amide bonds. The van der Waals surface area contributed by atoms with E-state index in [1.165, 1.54) is 0 Å². The number of fused-ring (bicyclic) bond motifs is 1. The van der Waals surface area contributed by atoms with Crippen LogP contribution in [0.4, 0.5) is 5.82 Å². The Balaban J connectivity index is 2.19. The fraction of sp³-hybridized carbons (Fsp3) is 0. The Morgan fingerprint density at radius 2 is 2.27 bits per heavy atom. The van der Waals surface area contributed by atoms with E-state index in [9.17, 15) is 0 Å². The fourth-order valence-electron chi connectivity index (χ4n) is 1.43. The van der Waals surface area contributed by atoms with E-state index in [-0.39, 0.29) is 0 Å². The van der Waals surface area contributed by atoms with Crippen molar-refractivity contribution in [2.45, 2.75) is 0 Å². The lowest BCUT2D eigenvalue weighted by Gasteiger charge is -1.87. The highest BCUT2D eigenvalue weighted by Gasteiger charge is 2.06. The third kappa shape index (κ3) is 1.23. The number of anilines is 1. The van der Waals surface area contributed by atoms with Gasteiger partial charge in [-0.25, -0.2) is 9.50 Å². The molecule has 74 valence electrons. The number of H-pyrrole nitrogens is 1. The molecule has 0 saturated carbocycles. The van der Waals surface area contributed by atoms with Gasteiger partial charge in [-0.1, -0.05) is 0 Å².